The van der Waals surface area contributed by atoms with Gasteiger partial charge < -0.3 is 23.7 Å². The van der Waals surface area contributed by atoms with Gasteiger partial charge in [-0.3, -0.25) is 9.97 Å². The van der Waals surface area contributed by atoms with Gasteiger partial charge in [0.2, 0.25) is 5.88 Å². The molecule has 3 aromatic rings. The maximum atomic E-state index is 14.5. The molecule has 0 unspecified atom stereocenters. The molecular weight excluding hydrogens is 429 g/mol. The Balaban J connectivity index is 1.13. The van der Waals surface area contributed by atoms with E-state index in [9.17, 15) is 4.39 Å². The SMILES string of the molecule is COc1ccc2ncc(F)c(CCC3OCC(CCc4cc5c(cn4)OCCO5)CO3)c2n1. The molecule has 0 aromatic carbocycles. The van der Waals surface area contributed by atoms with E-state index in [1.807, 2.05) is 6.07 Å². The fraction of sp³-hybridized carbons (Fsp3) is 0.458. The van der Waals surface area contributed by atoms with E-state index in [0.29, 0.717) is 67.5 Å². The van der Waals surface area contributed by atoms with E-state index in [2.05, 4.69) is 15.0 Å². The summed E-state index contributed by atoms with van der Waals surface area (Å²) in [6.45, 7) is 2.31. The molecule has 0 radical (unpaired) electrons. The first-order valence-electron chi connectivity index (χ1n) is 11.2. The summed E-state index contributed by atoms with van der Waals surface area (Å²) < 4.78 is 42.6. The van der Waals surface area contributed by atoms with Crippen molar-refractivity contribution < 1.29 is 28.1 Å². The lowest BCUT2D eigenvalue weighted by Gasteiger charge is -2.29. The molecule has 3 aromatic heterocycles. The Hall–Kier alpha value is -3.04. The fourth-order valence-electron chi connectivity index (χ4n) is 4.09. The first-order chi connectivity index (χ1) is 16.2. The van der Waals surface area contributed by atoms with Crippen LogP contribution < -0.4 is 14.2 Å². The summed E-state index contributed by atoms with van der Waals surface area (Å²) in [6.07, 6.45) is 5.25. The van der Waals surface area contributed by atoms with Gasteiger partial charge in [0.15, 0.2) is 17.8 Å². The number of aryl methyl sites for hydroxylation is 2. The summed E-state index contributed by atoms with van der Waals surface area (Å²) in [5.41, 5.74) is 2.60. The minimum absolute atomic E-state index is 0.278. The highest BCUT2D eigenvalue weighted by Gasteiger charge is 2.24. The molecule has 8 nitrogen and oxygen atoms in total. The van der Waals surface area contributed by atoms with Gasteiger partial charge in [-0.1, -0.05) is 0 Å². The maximum absolute atomic E-state index is 14.5. The number of ether oxygens (including phenoxy) is 5. The molecule has 9 heteroatoms. The van der Waals surface area contributed by atoms with E-state index in [-0.39, 0.29) is 18.0 Å². The van der Waals surface area contributed by atoms with Crippen LogP contribution in [0.15, 0.2) is 30.6 Å². The van der Waals surface area contributed by atoms with Gasteiger partial charge in [-0.05, 0) is 25.3 Å². The predicted octanol–water partition coefficient (Wildman–Crippen LogP) is 3.50. The van der Waals surface area contributed by atoms with Crippen LogP contribution in [0.3, 0.4) is 0 Å². The highest BCUT2D eigenvalue weighted by atomic mass is 19.1. The summed E-state index contributed by atoms with van der Waals surface area (Å²) in [7, 11) is 1.53. The van der Waals surface area contributed by atoms with Crippen LogP contribution in [-0.4, -0.2) is 54.8 Å². The minimum Gasteiger partial charge on any atom is -0.486 e. The molecule has 5 heterocycles. The van der Waals surface area contributed by atoms with Crippen molar-refractivity contribution in [3.05, 3.63) is 47.7 Å². The number of aromatic nitrogens is 3. The zero-order valence-corrected chi connectivity index (χ0v) is 18.5. The molecule has 1 fully saturated rings. The van der Waals surface area contributed by atoms with Gasteiger partial charge in [0, 0.05) is 35.7 Å². The van der Waals surface area contributed by atoms with E-state index >= 15 is 0 Å². The number of methoxy groups -OCH3 is 1. The lowest BCUT2D eigenvalue weighted by atomic mass is 10.0. The molecule has 5 rings (SSSR count). The van der Waals surface area contributed by atoms with Gasteiger partial charge in [0.05, 0.1) is 43.8 Å². The molecule has 0 amide bonds. The number of fused-ring (bicyclic) bond motifs is 2. The zero-order valence-electron chi connectivity index (χ0n) is 18.5. The van der Waals surface area contributed by atoms with Crippen molar-refractivity contribution in [1.29, 1.82) is 0 Å². The van der Waals surface area contributed by atoms with Gasteiger partial charge >= 0.3 is 0 Å². The van der Waals surface area contributed by atoms with Gasteiger partial charge in [-0.2, -0.15) is 0 Å². The quantitative estimate of drug-likeness (QED) is 0.535. The number of rotatable bonds is 7. The molecule has 174 valence electrons. The first-order valence-corrected chi connectivity index (χ1v) is 11.2. The molecule has 0 atom stereocenters. The van der Waals surface area contributed by atoms with Crippen LogP contribution in [0.25, 0.3) is 11.0 Å². The second-order valence-corrected chi connectivity index (χ2v) is 8.16. The van der Waals surface area contributed by atoms with E-state index in [1.165, 1.54) is 13.3 Å². The normalized spacial score (nSPS) is 20.1. The Bertz CT molecular complexity index is 1120. The van der Waals surface area contributed by atoms with Crippen molar-refractivity contribution in [2.75, 3.05) is 33.5 Å². The highest BCUT2D eigenvalue weighted by Crippen LogP contribution is 2.30. The smallest absolute Gasteiger partial charge is 0.213 e. The van der Waals surface area contributed by atoms with Crippen molar-refractivity contribution in [3.8, 4) is 17.4 Å². The Morgan fingerprint density at radius 2 is 1.82 bits per heavy atom. The lowest BCUT2D eigenvalue weighted by Crippen LogP contribution is -2.32. The Kier molecular flexibility index (Phi) is 6.50. The highest BCUT2D eigenvalue weighted by molar-refractivity contribution is 5.78. The zero-order chi connectivity index (χ0) is 22.6. The van der Waals surface area contributed by atoms with Crippen molar-refractivity contribution >= 4 is 11.0 Å². The molecule has 0 saturated carbocycles. The third-order valence-corrected chi connectivity index (χ3v) is 5.91. The van der Waals surface area contributed by atoms with E-state index < -0.39 is 0 Å². The van der Waals surface area contributed by atoms with Gasteiger partial charge in [0.1, 0.15) is 19.0 Å². The van der Waals surface area contributed by atoms with Gasteiger partial charge in [-0.25, -0.2) is 9.37 Å². The van der Waals surface area contributed by atoms with Crippen LogP contribution in [0, 0.1) is 11.7 Å². The van der Waals surface area contributed by atoms with Gasteiger partial charge in [-0.15, -0.1) is 0 Å². The Morgan fingerprint density at radius 1 is 1.00 bits per heavy atom. The summed E-state index contributed by atoms with van der Waals surface area (Å²) >= 11 is 0. The second-order valence-electron chi connectivity index (χ2n) is 8.16. The molecule has 1 saturated heterocycles. The number of pyridine rings is 3. The number of hydrogen-bond donors (Lipinski definition) is 0. The van der Waals surface area contributed by atoms with E-state index in [1.54, 1.807) is 18.3 Å². The van der Waals surface area contributed by atoms with Crippen LogP contribution in [-0.2, 0) is 22.3 Å². The van der Waals surface area contributed by atoms with Crippen molar-refractivity contribution in [1.82, 2.24) is 15.0 Å². The molecule has 0 spiro atoms. The predicted molar refractivity (Wildman–Crippen MR) is 117 cm³/mol. The lowest BCUT2D eigenvalue weighted by molar-refractivity contribution is -0.203. The molecule has 2 aliphatic heterocycles. The summed E-state index contributed by atoms with van der Waals surface area (Å²) in [5.74, 6) is 1.77. The first kappa shape index (κ1) is 21.8. The van der Waals surface area contributed by atoms with Crippen LogP contribution in [0.1, 0.15) is 24.1 Å². The number of nitrogens with zero attached hydrogens (tertiary/aromatic N) is 3. The summed E-state index contributed by atoms with van der Waals surface area (Å²) in [6, 6.07) is 5.43. The van der Waals surface area contributed by atoms with Crippen LogP contribution in [0.4, 0.5) is 4.39 Å². The standard InChI is InChI=1S/C24H26FN3O5/c1-29-22-6-5-19-24(28-22)17(18(25)11-27-19)4-7-23-32-13-15(14-33-23)2-3-16-10-20-21(12-26-16)31-9-8-30-20/h5-6,10-12,15,23H,2-4,7-9,13-14H2,1H3. The average molecular weight is 455 g/mol. The van der Waals surface area contributed by atoms with Crippen molar-refractivity contribution in [3.63, 3.8) is 0 Å². The van der Waals surface area contributed by atoms with Crippen LogP contribution >= 0.6 is 0 Å². The van der Waals surface area contributed by atoms with Crippen molar-refractivity contribution in [2.45, 2.75) is 32.0 Å². The largest absolute Gasteiger partial charge is 0.486 e. The summed E-state index contributed by atoms with van der Waals surface area (Å²) in [4.78, 5) is 13.0. The second kappa shape index (κ2) is 9.84. The maximum Gasteiger partial charge on any atom is 0.213 e. The molecule has 0 bridgehead atoms. The van der Waals surface area contributed by atoms with E-state index in [0.717, 1.165) is 24.3 Å². The molecule has 2 aliphatic rings. The number of halogens is 1. The topological polar surface area (TPSA) is 84.8 Å². The Labute approximate surface area is 191 Å². The minimum atomic E-state index is -0.385. The van der Waals surface area contributed by atoms with Gasteiger partial charge in [0.25, 0.3) is 0 Å². The average Bonchev–Trinajstić information content (AvgIpc) is 2.87. The van der Waals surface area contributed by atoms with Crippen LogP contribution in [0.5, 0.6) is 17.4 Å². The Morgan fingerprint density at radius 3 is 2.64 bits per heavy atom. The molecular formula is C24H26FN3O5. The van der Waals surface area contributed by atoms with Crippen molar-refractivity contribution in [2.24, 2.45) is 5.92 Å². The monoisotopic (exact) mass is 455 g/mol. The van der Waals surface area contributed by atoms with Crippen LogP contribution in [0.2, 0.25) is 0 Å². The third-order valence-electron chi connectivity index (χ3n) is 5.91. The fourth-order valence-corrected chi connectivity index (χ4v) is 4.09. The molecule has 0 N–H and O–H groups in total. The number of hydrogen-bond acceptors (Lipinski definition) is 8. The molecule has 0 aliphatic carbocycles. The third kappa shape index (κ3) is 4.99. The summed E-state index contributed by atoms with van der Waals surface area (Å²) in [5, 5.41) is 0. The van der Waals surface area contributed by atoms with E-state index in [4.69, 9.17) is 23.7 Å². The molecule has 33 heavy (non-hydrogen) atoms.